The van der Waals surface area contributed by atoms with Gasteiger partial charge in [0.15, 0.2) is 0 Å². The summed E-state index contributed by atoms with van der Waals surface area (Å²) < 4.78 is 16.0. The highest BCUT2D eigenvalue weighted by molar-refractivity contribution is 6.10. The molecule has 1 amide bonds. The van der Waals surface area contributed by atoms with Crippen LogP contribution < -0.4 is 4.74 Å². The third kappa shape index (κ3) is 5.09. The maximum Gasteiger partial charge on any atom is 0.337 e. The van der Waals surface area contributed by atoms with E-state index in [9.17, 15) is 9.59 Å². The van der Waals surface area contributed by atoms with Crippen molar-refractivity contribution in [2.75, 3.05) is 14.2 Å². The van der Waals surface area contributed by atoms with Crippen LogP contribution in [0.15, 0.2) is 107 Å². The number of amides is 1. The van der Waals surface area contributed by atoms with E-state index in [0.29, 0.717) is 29.2 Å². The molecule has 0 N–H and O–H groups in total. The Morgan fingerprint density at radius 2 is 1.59 bits per heavy atom. The van der Waals surface area contributed by atoms with Crippen molar-refractivity contribution in [2.45, 2.75) is 6.54 Å². The number of hydrogen-bond acceptors (Lipinski definition) is 5. The van der Waals surface area contributed by atoms with Crippen LogP contribution in [0, 0.1) is 0 Å². The molecule has 5 rings (SSSR count). The smallest absolute Gasteiger partial charge is 0.337 e. The molecule has 37 heavy (non-hydrogen) atoms. The SMILES string of the molecule is COC(=O)c1ccc(-c2ccc(/C=C3\C=C(c4ccccc4)N(Cc4ccc(OC)cc4)C3=O)o2)cc1. The van der Waals surface area contributed by atoms with E-state index in [0.717, 1.165) is 28.1 Å². The first kappa shape index (κ1) is 23.9. The molecule has 0 saturated carbocycles. The Bertz CT molecular complexity index is 1480. The second-order valence-electron chi connectivity index (χ2n) is 8.51. The number of hydrogen-bond donors (Lipinski definition) is 0. The standard InChI is InChI=1S/C31H25NO5/c1-35-26-14-8-21(9-15-26)20-32-28(22-6-4-3-5-7-22)19-25(30(32)33)18-27-16-17-29(37-27)23-10-12-24(13-11-23)31(34)36-2/h3-19H,20H2,1-2H3/b25-18+. The molecular formula is C31H25NO5. The first-order valence-electron chi connectivity index (χ1n) is 11.8. The van der Waals surface area contributed by atoms with Gasteiger partial charge in [0.25, 0.3) is 5.91 Å². The molecule has 1 aromatic heterocycles. The van der Waals surface area contributed by atoms with Crippen LogP contribution in [0.2, 0.25) is 0 Å². The molecular weight excluding hydrogens is 466 g/mol. The minimum Gasteiger partial charge on any atom is -0.497 e. The fraction of sp³-hybridized carbons (Fsp3) is 0.0968. The van der Waals surface area contributed by atoms with Gasteiger partial charge in [0.05, 0.1) is 32.0 Å². The summed E-state index contributed by atoms with van der Waals surface area (Å²) in [7, 11) is 2.98. The fourth-order valence-corrected chi connectivity index (χ4v) is 4.20. The maximum absolute atomic E-state index is 13.5. The van der Waals surface area contributed by atoms with Gasteiger partial charge in [-0.1, -0.05) is 54.6 Å². The molecule has 0 saturated heterocycles. The molecule has 0 radical (unpaired) electrons. The quantitative estimate of drug-likeness (QED) is 0.227. The van der Waals surface area contributed by atoms with Crippen molar-refractivity contribution in [1.82, 2.24) is 4.90 Å². The minimum atomic E-state index is -0.392. The van der Waals surface area contributed by atoms with Crippen molar-refractivity contribution < 1.29 is 23.5 Å². The van der Waals surface area contributed by atoms with Gasteiger partial charge in [-0.25, -0.2) is 4.79 Å². The molecule has 0 spiro atoms. The highest BCUT2D eigenvalue weighted by atomic mass is 16.5. The van der Waals surface area contributed by atoms with Gasteiger partial charge in [-0.05, 0) is 59.7 Å². The van der Waals surface area contributed by atoms with Crippen LogP contribution in [0.1, 0.15) is 27.2 Å². The van der Waals surface area contributed by atoms with Crippen molar-refractivity contribution in [3.8, 4) is 17.1 Å². The predicted octanol–water partition coefficient (Wildman–Crippen LogP) is 6.21. The first-order valence-corrected chi connectivity index (χ1v) is 11.8. The number of ether oxygens (including phenoxy) is 2. The summed E-state index contributed by atoms with van der Waals surface area (Å²) in [6.45, 7) is 0.427. The van der Waals surface area contributed by atoms with Crippen LogP contribution in [0.4, 0.5) is 0 Å². The van der Waals surface area contributed by atoms with Gasteiger partial charge in [-0.15, -0.1) is 0 Å². The van der Waals surface area contributed by atoms with Crippen molar-refractivity contribution in [3.63, 3.8) is 0 Å². The molecule has 3 aromatic carbocycles. The van der Waals surface area contributed by atoms with Gasteiger partial charge < -0.3 is 18.8 Å². The zero-order chi connectivity index (χ0) is 25.8. The normalized spacial score (nSPS) is 14.1. The summed E-state index contributed by atoms with van der Waals surface area (Å²) in [4.78, 5) is 27.0. The summed E-state index contributed by atoms with van der Waals surface area (Å²) in [5.41, 5.74) is 4.60. The van der Waals surface area contributed by atoms with Crippen molar-refractivity contribution >= 4 is 23.6 Å². The fourth-order valence-electron chi connectivity index (χ4n) is 4.20. The van der Waals surface area contributed by atoms with Gasteiger partial charge in [0, 0.05) is 11.1 Å². The van der Waals surface area contributed by atoms with Crippen molar-refractivity contribution in [3.05, 3.63) is 125 Å². The second-order valence-corrected chi connectivity index (χ2v) is 8.51. The zero-order valence-corrected chi connectivity index (χ0v) is 20.5. The number of carbonyl (C=O) groups excluding carboxylic acids is 2. The highest BCUT2D eigenvalue weighted by Gasteiger charge is 2.29. The average molecular weight is 492 g/mol. The van der Waals surface area contributed by atoms with E-state index in [1.54, 1.807) is 42.4 Å². The summed E-state index contributed by atoms with van der Waals surface area (Å²) in [5.74, 6) is 1.47. The Labute approximate surface area is 215 Å². The van der Waals surface area contributed by atoms with Gasteiger partial charge in [-0.3, -0.25) is 4.79 Å². The molecule has 4 aromatic rings. The van der Waals surface area contributed by atoms with E-state index in [1.807, 2.05) is 72.8 Å². The Kier molecular flexibility index (Phi) is 6.72. The number of benzene rings is 3. The van der Waals surface area contributed by atoms with Gasteiger partial charge in [0.2, 0.25) is 0 Å². The molecule has 6 nitrogen and oxygen atoms in total. The summed E-state index contributed by atoms with van der Waals surface area (Å²) in [6.07, 6.45) is 3.65. The maximum atomic E-state index is 13.5. The monoisotopic (exact) mass is 491 g/mol. The van der Waals surface area contributed by atoms with Crippen molar-refractivity contribution in [1.29, 1.82) is 0 Å². The summed E-state index contributed by atoms with van der Waals surface area (Å²) in [6, 6.07) is 28.2. The molecule has 0 fully saturated rings. The van der Waals surface area contributed by atoms with Crippen LogP contribution >= 0.6 is 0 Å². The topological polar surface area (TPSA) is 69.0 Å². The number of rotatable bonds is 7. The molecule has 0 unspecified atom stereocenters. The Hall–Kier alpha value is -4.84. The average Bonchev–Trinajstić information content (AvgIpc) is 3.54. The number of carbonyl (C=O) groups is 2. The summed E-state index contributed by atoms with van der Waals surface area (Å²) >= 11 is 0. The molecule has 1 aliphatic rings. The Morgan fingerprint density at radius 1 is 0.865 bits per heavy atom. The third-order valence-corrected chi connectivity index (χ3v) is 6.16. The van der Waals surface area contributed by atoms with Crippen LogP contribution in [0.3, 0.4) is 0 Å². The van der Waals surface area contributed by atoms with E-state index in [4.69, 9.17) is 13.9 Å². The number of methoxy groups -OCH3 is 2. The molecule has 2 heterocycles. The molecule has 184 valence electrons. The molecule has 0 bridgehead atoms. The van der Waals surface area contributed by atoms with Crippen LogP contribution in [0.5, 0.6) is 5.75 Å². The van der Waals surface area contributed by atoms with E-state index in [-0.39, 0.29) is 5.91 Å². The molecule has 1 aliphatic heterocycles. The molecule has 0 atom stereocenters. The van der Waals surface area contributed by atoms with E-state index < -0.39 is 5.97 Å². The van der Waals surface area contributed by atoms with Crippen LogP contribution in [0.25, 0.3) is 23.1 Å². The van der Waals surface area contributed by atoms with E-state index >= 15 is 0 Å². The zero-order valence-electron chi connectivity index (χ0n) is 20.5. The number of furan rings is 1. The third-order valence-electron chi connectivity index (χ3n) is 6.16. The minimum absolute atomic E-state index is 0.102. The highest BCUT2D eigenvalue weighted by Crippen LogP contribution is 2.33. The second kappa shape index (κ2) is 10.4. The number of esters is 1. The predicted molar refractivity (Wildman–Crippen MR) is 141 cm³/mol. The molecule has 0 aliphatic carbocycles. The van der Waals surface area contributed by atoms with E-state index in [2.05, 4.69) is 0 Å². The number of nitrogens with zero attached hydrogens (tertiary/aromatic N) is 1. The Morgan fingerprint density at radius 3 is 2.27 bits per heavy atom. The van der Waals surface area contributed by atoms with Crippen LogP contribution in [-0.4, -0.2) is 31.0 Å². The lowest BCUT2D eigenvalue weighted by molar-refractivity contribution is -0.123. The van der Waals surface area contributed by atoms with E-state index in [1.165, 1.54) is 7.11 Å². The lowest BCUT2D eigenvalue weighted by Gasteiger charge is -2.21. The van der Waals surface area contributed by atoms with Crippen LogP contribution in [-0.2, 0) is 16.1 Å². The van der Waals surface area contributed by atoms with Gasteiger partial charge in [0.1, 0.15) is 17.3 Å². The Balaban J connectivity index is 1.43. The summed E-state index contributed by atoms with van der Waals surface area (Å²) in [5, 5.41) is 0. The first-order chi connectivity index (χ1) is 18.1. The van der Waals surface area contributed by atoms with Gasteiger partial charge in [-0.2, -0.15) is 0 Å². The lowest BCUT2D eigenvalue weighted by Crippen LogP contribution is -2.25. The lowest BCUT2D eigenvalue weighted by atomic mass is 10.1. The molecule has 6 heteroatoms. The largest absolute Gasteiger partial charge is 0.497 e. The van der Waals surface area contributed by atoms with Crippen molar-refractivity contribution in [2.24, 2.45) is 0 Å². The van der Waals surface area contributed by atoms with Gasteiger partial charge >= 0.3 is 5.97 Å².